The summed E-state index contributed by atoms with van der Waals surface area (Å²) < 4.78 is 16.5. The zero-order chi connectivity index (χ0) is 15.9. The van der Waals surface area contributed by atoms with Crippen LogP contribution in [-0.4, -0.2) is 54.9 Å². The molecule has 0 aliphatic heterocycles. The highest BCUT2D eigenvalue weighted by Gasteiger charge is 2.12. The Morgan fingerprint density at radius 3 is 2.82 bits per heavy atom. The molecule has 0 spiro atoms. The van der Waals surface area contributed by atoms with Crippen LogP contribution in [0.25, 0.3) is 0 Å². The van der Waals surface area contributed by atoms with Crippen LogP contribution in [0.15, 0.2) is 12.4 Å². The van der Waals surface area contributed by atoms with E-state index in [2.05, 4.69) is 25.9 Å². The summed E-state index contributed by atoms with van der Waals surface area (Å²) in [6.07, 6.45) is 2.39. The lowest BCUT2D eigenvalue weighted by atomic mass is 10.3. The van der Waals surface area contributed by atoms with Crippen molar-refractivity contribution in [3.8, 4) is 0 Å². The number of aryl methyl sites for hydroxylation is 1. The number of carbonyl (C=O) groups excluding carboxylic acids is 2. The van der Waals surface area contributed by atoms with Crippen LogP contribution < -0.4 is 5.32 Å². The van der Waals surface area contributed by atoms with E-state index in [1.165, 1.54) is 21.8 Å². The van der Waals surface area contributed by atoms with Gasteiger partial charge in [-0.3, -0.25) is 14.3 Å². The maximum absolute atomic E-state index is 13.9. The average Bonchev–Trinajstić information content (AvgIpc) is 3.14. The summed E-state index contributed by atoms with van der Waals surface area (Å²) in [5, 5.41) is 17.3. The molecule has 1 N–H and O–H groups in total. The maximum atomic E-state index is 13.9. The van der Waals surface area contributed by atoms with Gasteiger partial charge in [-0.05, 0) is 6.92 Å². The maximum Gasteiger partial charge on any atom is 0.273 e. The Kier molecular flexibility index (Phi) is 5.28. The standard InChI is InChI=1S/C12H16FN7O2/c1-2-14-12(22)11-7-19(18-16-11)4-3-9(13)5-20-6-10(8-21)15-17-20/h6-9H,2-5H2,1H3,(H,14,22). The summed E-state index contributed by atoms with van der Waals surface area (Å²) in [7, 11) is 0. The number of nitrogens with zero attached hydrogens (tertiary/aromatic N) is 6. The molecule has 1 unspecified atom stereocenters. The molecule has 0 saturated heterocycles. The van der Waals surface area contributed by atoms with Crippen molar-refractivity contribution in [3.05, 3.63) is 23.8 Å². The minimum absolute atomic E-state index is 0.00127. The van der Waals surface area contributed by atoms with Crippen molar-refractivity contribution in [1.29, 1.82) is 0 Å². The largest absolute Gasteiger partial charge is 0.351 e. The zero-order valence-electron chi connectivity index (χ0n) is 12.0. The van der Waals surface area contributed by atoms with Gasteiger partial charge in [-0.1, -0.05) is 10.4 Å². The van der Waals surface area contributed by atoms with Crippen molar-refractivity contribution in [2.24, 2.45) is 0 Å². The molecule has 0 bridgehead atoms. The molecule has 2 aromatic rings. The van der Waals surface area contributed by atoms with Gasteiger partial charge in [0.15, 0.2) is 12.0 Å². The predicted octanol–water partition coefficient (Wildman–Crippen LogP) is -0.140. The van der Waals surface area contributed by atoms with Crippen LogP contribution in [0.1, 0.15) is 34.3 Å². The molecule has 2 heterocycles. The number of amides is 1. The fourth-order valence-corrected chi connectivity index (χ4v) is 1.79. The van der Waals surface area contributed by atoms with Gasteiger partial charge in [-0.25, -0.2) is 9.07 Å². The van der Waals surface area contributed by atoms with Crippen LogP contribution in [-0.2, 0) is 13.1 Å². The van der Waals surface area contributed by atoms with Crippen LogP contribution >= 0.6 is 0 Å². The van der Waals surface area contributed by atoms with Gasteiger partial charge in [0.1, 0.15) is 11.9 Å². The molecule has 0 radical (unpaired) electrons. The van der Waals surface area contributed by atoms with E-state index < -0.39 is 6.17 Å². The summed E-state index contributed by atoms with van der Waals surface area (Å²) in [6, 6.07) is 0. The number of carbonyl (C=O) groups is 2. The Labute approximate surface area is 125 Å². The molecule has 0 aliphatic rings. The first-order chi connectivity index (χ1) is 10.6. The van der Waals surface area contributed by atoms with Gasteiger partial charge in [0.25, 0.3) is 5.91 Å². The van der Waals surface area contributed by atoms with Gasteiger partial charge in [-0.15, -0.1) is 10.2 Å². The lowest BCUT2D eigenvalue weighted by Crippen LogP contribution is -2.22. The predicted molar refractivity (Wildman–Crippen MR) is 73.0 cm³/mol. The molecular weight excluding hydrogens is 293 g/mol. The van der Waals surface area contributed by atoms with Crippen LogP contribution in [0, 0.1) is 0 Å². The quantitative estimate of drug-likeness (QED) is 0.680. The Balaban J connectivity index is 1.82. The number of aldehydes is 1. The van der Waals surface area contributed by atoms with Gasteiger partial charge in [0.05, 0.1) is 18.9 Å². The molecule has 1 amide bonds. The number of rotatable bonds is 8. The first kappa shape index (κ1) is 15.7. The molecule has 0 fully saturated rings. The second-order valence-corrected chi connectivity index (χ2v) is 4.60. The Morgan fingerprint density at radius 2 is 2.14 bits per heavy atom. The second-order valence-electron chi connectivity index (χ2n) is 4.60. The highest BCUT2D eigenvalue weighted by Crippen LogP contribution is 2.04. The summed E-state index contributed by atoms with van der Waals surface area (Å²) in [5.41, 5.74) is 0.360. The van der Waals surface area contributed by atoms with E-state index in [0.717, 1.165) is 0 Å². The SMILES string of the molecule is CCNC(=O)c1cn(CCC(F)Cn2cc(C=O)nn2)nn1. The molecule has 22 heavy (non-hydrogen) atoms. The number of aromatic nitrogens is 6. The molecular formula is C12H16FN7O2. The Morgan fingerprint density at radius 1 is 1.36 bits per heavy atom. The van der Waals surface area contributed by atoms with Crippen LogP contribution in [0.2, 0.25) is 0 Å². The second kappa shape index (κ2) is 7.38. The number of hydrogen-bond donors (Lipinski definition) is 1. The van der Waals surface area contributed by atoms with Crippen LogP contribution in [0.5, 0.6) is 0 Å². The van der Waals surface area contributed by atoms with Gasteiger partial charge in [-0.2, -0.15) is 0 Å². The fraction of sp³-hybridized carbons (Fsp3) is 0.500. The van der Waals surface area contributed by atoms with Crippen molar-refractivity contribution in [2.75, 3.05) is 6.54 Å². The van der Waals surface area contributed by atoms with E-state index in [0.29, 0.717) is 12.8 Å². The molecule has 10 heteroatoms. The monoisotopic (exact) mass is 309 g/mol. The zero-order valence-corrected chi connectivity index (χ0v) is 12.0. The van der Waals surface area contributed by atoms with Gasteiger partial charge in [0.2, 0.25) is 0 Å². The molecule has 118 valence electrons. The van der Waals surface area contributed by atoms with Crippen molar-refractivity contribution in [2.45, 2.75) is 32.6 Å². The Bertz CT molecular complexity index is 639. The molecule has 0 aromatic carbocycles. The minimum Gasteiger partial charge on any atom is -0.351 e. The summed E-state index contributed by atoms with van der Waals surface area (Å²) in [6.45, 7) is 2.58. The molecule has 2 rings (SSSR count). The van der Waals surface area contributed by atoms with E-state index >= 15 is 0 Å². The van der Waals surface area contributed by atoms with Crippen molar-refractivity contribution < 1.29 is 14.0 Å². The van der Waals surface area contributed by atoms with Gasteiger partial charge < -0.3 is 5.32 Å². The van der Waals surface area contributed by atoms with E-state index in [1.807, 2.05) is 0 Å². The molecule has 2 aromatic heterocycles. The molecule has 1 atom stereocenters. The van der Waals surface area contributed by atoms with Gasteiger partial charge >= 0.3 is 0 Å². The first-order valence-electron chi connectivity index (χ1n) is 6.80. The van der Waals surface area contributed by atoms with Crippen molar-refractivity contribution in [3.63, 3.8) is 0 Å². The average molecular weight is 309 g/mol. The van der Waals surface area contributed by atoms with Crippen LogP contribution in [0.3, 0.4) is 0 Å². The topological polar surface area (TPSA) is 108 Å². The normalized spacial score (nSPS) is 12.1. The third-order valence-electron chi connectivity index (χ3n) is 2.84. The van der Waals surface area contributed by atoms with E-state index in [1.54, 1.807) is 6.92 Å². The lowest BCUT2D eigenvalue weighted by Gasteiger charge is -2.07. The number of halogens is 1. The van der Waals surface area contributed by atoms with Gasteiger partial charge in [0, 0.05) is 19.5 Å². The first-order valence-corrected chi connectivity index (χ1v) is 6.80. The summed E-state index contributed by atoms with van der Waals surface area (Å²) in [5.74, 6) is -0.311. The third kappa shape index (κ3) is 4.17. The highest BCUT2D eigenvalue weighted by molar-refractivity contribution is 5.91. The van der Waals surface area contributed by atoms with E-state index in [4.69, 9.17) is 0 Å². The van der Waals surface area contributed by atoms with Crippen molar-refractivity contribution in [1.82, 2.24) is 35.3 Å². The number of alkyl halides is 1. The van der Waals surface area contributed by atoms with E-state index in [-0.39, 0.29) is 36.8 Å². The number of hydrogen-bond acceptors (Lipinski definition) is 6. The summed E-state index contributed by atoms with van der Waals surface area (Å²) in [4.78, 5) is 22.0. The number of nitrogens with one attached hydrogen (secondary N) is 1. The van der Waals surface area contributed by atoms with E-state index in [9.17, 15) is 14.0 Å². The lowest BCUT2D eigenvalue weighted by molar-refractivity contribution is 0.0950. The minimum atomic E-state index is -1.18. The molecule has 0 saturated carbocycles. The van der Waals surface area contributed by atoms with Crippen LogP contribution in [0.4, 0.5) is 4.39 Å². The smallest absolute Gasteiger partial charge is 0.273 e. The van der Waals surface area contributed by atoms with Crippen molar-refractivity contribution >= 4 is 12.2 Å². The highest BCUT2D eigenvalue weighted by atomic mass is 19.1. The Hall–Kier alpha value is -2.65. The fourth-order valence-electron chi connectivity index (χ4n) is 1.79. The molecule has 0 aliphatic carbocycles. The third-order valence-corrected chi connectivity index (χ3v) is 2.84. The molecule has 9 nitrogen and oxygen atoms in total. The summed E-state index contributed by atoms with van der Waals surface area (Å²) >= 11 is 0.